The number of carbonyl (C=O) groups excluding carboxylic acids is 1. The molecule has 0 unspecified atom stereocenters. The lowest BCUT2D eigenvalue weighted by Crippen LogP contribution is -2.27. The molecule has 0 atom stereocenters. The molecule has 1 aromatic heterocycles. The SMILES string of the molecule is Bc1ccc2c(=O)n(CC(N)=O)ccc2c1. The van der Waals surface area contributed by atoms with Crippen LogP contribution >= 0.6 is 0 Å². The van der Waals surface area contributed by atoms with Gasteiger partial charge in [-0.15, -0.1) is 0 Å². The number of rotatable bonds is 2. The maximum absolute atomic E-state index is 11.9. The normalized spacial score (nSPS) is 10.5. The Morgan fingerprint density at radius 3 is 2.81 bits per heavy atom. The van der Waals surface area contributed by atoms with Crippen LogP contribution in [0.4, 0.5) is 0 Å². The van der Waals surface area contributed by atoms with Crippen LogP contribution in [0.1, 0.15) is 0 Å². The van der Waals surface area contributed by atoms with Crippen LogP contribution in [-0.4, -0.2) is 18.3 Å². The van der Waals surface area contributed by atoms with Crippen LogP contribution < -0.4 is 16.8 Å². The third-order valence-electron chi connectivity index (χ3n) is 2.46. The Hall–Kier alpha value is -2.04. The van der Waals surface area contributed by atoms with Crippen LogP contribution in [0.2, 0.25) is 0 Å². The van der Waals surface area contributed by atoms with Gasteiger partial charge in [0.1, 0.15) is 14.4 Å². The molecular weight excluding hydrogens is 203 g/mol. The van der Waals surface area contributed by atoms with Crippen molar-refractivity contribution in [2.75, 3.05) is 0 Å². The van der Waals surface area contributed by atoms with Gasteiger partial charge in [0, 0.05) is 11.6 Å². The van der Waals surface area contributed by atoms with E-state index >= 15 is 0 Å². The Morgan fingerprint density at radius 1 is 1.38 bits per heavy atom. The molecule has 1 heterocycles. The topological polar surface area (TPSA) is 65.1 Å². The average Bonchev–Trinajstić information content (AvgIpc) is 2.22. The molecule has 0 saturated carbocycles. The molecule has 80 valence electrons. The second-order valence-corrected chi connectivity index (χ2v) is 3.81. The molecule has 0 fully saturated rings. The molecule has 1 aromatic carbocycles. The molecule has 1 amide bonds. The van der Waals surface area contributed by atoms with Gasteiger partial charge in [-0.25, -0.2) is 0 Å². The summed E-state index contributed by atoms with van der Waals surface area (Å²) in [6.07, 6.45) is 1.59. The largest absolute Gasteiger partial charge is 0.368 e. The zero-order valence-electron chi connectivity index (χ0n) is 8.93. The Labute approximate surface area is 93.1 Å². The van der Waals surface area contributed by atoms with Crippen molar-refractivity contribution in [3.8, 4) is 0 Å². The van der Waals surface area contributed by atoms with E-state index in [1.807, 2.05) is 26.0 Å². The van der Waals surface area contributed by atoms with Crippen LogP contribution in [0.15, 0.2) is 35.3 Å². The highest BCUT2D eigenvalue weighted by molar-refractivity contribution is 6.33. The molecule has 5 heteroatoms. The van der Waals surface area contributed by atoms with Crippen molar-refractivity contribution in [2.45, 2.75) is 6.54 Å². The second-order valence-electron chi connectivity index (χ2n) is 3.81. The fourth-order valence-corrected chi connectivity index (χ4v) is 1.70. The Bertz CT molecular complexity index is 619. The van der Waals surface area contributed by atoms with Crippen LogP contribution in [0.3, 0.4) is 0 Å². The van der Waals surface area contributed by atoms with E-state index in [2.05, 4.69) is 0 Å². The first-order chi connectivity index (χ1) is 7.58. The summed E-state index contributed by atoms with van der Waals surface area (Å²) in [5.74, 6) is -0.520. The van der Waals surface area contributed by atoms with E-state index in [-0.39, 0.29) is 12.1 Å². The first-order valence-corrected chi connectivity index (χ1v) is 4.96. The summed E-state index contributed by atoms with van der Waals surface area (Å²) < 4.78 is 1.32. The molecule has 0 aliphatic carbocycles. The summed E-state index contributed by atoms with van der Waals surface area (Å²) in [7, 11) is 1.97. The van der Waals surface area contributed by atoms with Gasteiger partial charge in [0.05, 0.1) is 0 Å². The van der Waals surface area contributed by atoms with Gasteiger partial charge in [0.15, 0.2) is 0 Å². The molecule has 2 rings (SSSR count). The number of amides is 1. The average molecular weight is 214 g/mol. The van der Waals surface area contributed by atoms with Crippen molar-refractivity contribution in [3.05, 3.63) is 40.8 Å². The molecule has 2 N–H and O–H groups in total. The lowest BCUT2D eigenvalue weighted by Gasteiger charge is -2.05. The first kappa shape index (κ1) is 10.5. The number of benzene rings is 1. The Balaban J connectivity index is 2.66. The Morgan fingerprint density at radius 2 is 2.12 bits per heavy atom. The van der Waals surface area contributed by atoms with Gasteiger partial charge < -0.3 is 10.3 Å². The van der Waals surface area contributed by atoms with Gasteiger partial charge in [0.2, 0.25) is 5.91 Å². The van der Waals surface area contributed by atoms with E-state index in [0.717, 1.165) is 10.8 Å². The number of pyridine rings is 1. The minimum absolute atomic E-state index is 0.0807. The van der Waals surface area contributed by atoms with Crippen molar-refractivity contribution in [1.82, 2.24) is 4.57 Å². The molecule has 0 saturated heterocycles. The minimum atomic E-state index is -0.520. The highest BCUT2D eigenvalue weighted by Gasteiger charge is 2.04. The number of primary amides is 1. The number of hydrogen-bond acceptors (Lipinski definition) is 2. The van der Waals surface area contributed by atoms with Gasteiger partial charge in [-0.05, 0) is 17.5 Å². The maximum atomic E-state index is 11.9. The molecule has 0 bridgehead atoms. The lowest BCUT2D eigenvalue weighted by atomic mass is 9.94. The second kappa shape index (κ2) is 3.85. The van der Waals surface area contributed by atoms with E-state index in [9.17, 15) is 9.59 Å². The predicted octanol–water partition coefficient (Wildman–Crippen LogP) is -1.25. The fourth-order valence-electron chi connectivity index (χ4n) is 1.70. The molecule has 0 spiro atoms. The fraction of sp³-hybridized carbons (Fsp3) is 0.0909. The van der Waals surface area contributed by atoms with E-state index in [1.54, 1.807) is 12.3 Å². The van der Waals surface area contributed by atoms with Gasteiger partial charge in [-0.1, -0.05) is 17.6 Å². The number of fused-ring (bicyclic) bond motifs is 1. The number of nitrogens with zero attached hydrogens (tertiary/aromatic N) is 1. The molecular formula is C11H11BN2O2. The number of carbonyl (C=O) groups is 1. The zero-order chi connectivity index (χ0) is 11.7. The summed E-state index contributed by atoms with van der Waals surface area (Å²) in [6, 6.07) is 7.39. The molecule has 2 aromatic rings. The maximum Gasteiger partial charge on any atom is 0.258 e. The van der Waals surface area contributed by atoms with Crippen LogP contribution in [0.5, 0.6) is 0 Å². The van der Waals surface area contributed by atoms with Crippen molar-refractivity contribution in [1.29, 1.82) is 0 Å². The van der Waals surface area contributed by atoms with Crippen LogP contribution in [0.25, 0.3) is 10.8 Å². The third-order valence-corrected chi connectivity index (χ3v) is 2.46. The van der Waals surface area contributed by atoms with E-state index < -0.39 is 5.91 Å². The molecule has 0 aliphatic rings. The van der Waals surface area contributed by atoms with Crippen LogP contribution in [-0.2, 0) is 11.3 Å². The summed E-state index contributed by atoms with van der Waals surface area (Å²) in [5.41, 5.74) is 5.98. The van der Waals surface area contributed by atoms with Gasteiger partial charge in [0.25, 0.3) is 5.56 Å². The zero-order valence-corrected chi connectivity index (χ0v) is 8.93. The number of aromatic nitrogens is 1. The summed E-state index contributed by atoms with van der Waals surface area (Å²) in [4.78, 5) is 22.7. The smallest absolute Gasteiger partial charge is 0.258 e. The van der Waals surface area contributed by atoms with Gasteiger partial charge in [-0.3, -0.25) is 9.59 Å². The number of hydrogen-bond donors (Lipinski definition) is 1. The summed E-state index contributed by atoms with van der Waals surface area (Å²) >= 11 is 0. The molecule has 16 heavy (non-hydrogen) atoms. The highest BCUT2D eigenvalue weighted by Crippen LogP contribution is 2.06. The molecule has 4 nitrogen and oxygen atoms in total. The quantitative estimate of drug-likeness (QED) is 0.634. The summed E-state index contributed by atoms with van der Waals surface area (Å²) in [6.45, 7) is -0.0807. The highest BCUT2D eigenvalue weighted by atomic mass is 16.2. The van der Waals surface area contributed by atoms with Crippen molar-refractivity contribution in [3.63, 3.8) is 0 Å². The standard InChI is InChI=1S/C11H11BN2O2/c12-8-1-2-9-7(5-8)3-4-14(11(9)16)6-10(13)15/h1-5H,6,12H2,(H2,13,15). The van der Waals surface area contributed by atoms with Crippen molar-refractivity contribution < 1.29 is 4.79 Å². The van der Waals surface area contributed by atoms with E-state index in [1.165, 1.54) is 4.57 Å². The molecule has 0 aliphatic heterocycles. The van der Waals surface area contributed by atoms with Crippen molar-refractivity contribution in [2.24, 2.45) is 5.73 Å². The van der Waals surface area contributed by atoms with Crippen LogP contribution in [0, 0.1) is 0 Å². The lowest BCUT2D eigenvalue weighted by molar-refractivity contribution is -0.118. The molecule has 0 radical (unpaired) electrons. The Kier molecular flexibility index (Phi) is 2.52. The van der Waals surface area contributed by atoms with Gasteiger partial charge >= 0.3 is 0 Å². The first-order valence-electron chi connectivity index (χ1n) is 4.96. The minimum Gasteiger partial charge on any atom is -0.368 e. The van der Waals surface area contributed by atoms with E-state index in [4.69, 9.17) is 5.73 Å². The third kappa shape index (κ3) is 1.84. The number of nitrogens with two attached hydrogens (primary N) is 1. The monoisotopic (exact) mass is 214 g/mol. The van der Waals surface area contributed by atoms with Crippen molar-refractivity contribution >= 4 is 30.0 Å². The van der Waals surface area contributed by atoms with Gasteiger partial charge in [-0.2, -0.15) is 0 Å². The van der Waals surface area contributed by atoms with E-state index in [0.29, 0.717) is 5.39 Å². The predicted molar refractivity (Wildman–Crippen MR) is 65.6 cm³/mol. The summed E-state index contributed by atoms with van der Waals surface area (Å²) in [5, 5.41) is 1.49.